The van der Waals surface area contributed by atoms with Crippen LogP contribution in [0.25, 0.3) is 6.08 Å². The minimum Gasteiger partial charge on any atom is -0.491 e. The fourth-order valence-corrected chi connectivity index (χ4v) is 5.79. The summed E-state index contributed by atoms with van der Waals surface area (Å²) in [7, 11) is 0. The van der Waals surface area contributed by atoms with Crippen LogP contribution in [0.3, 0.4) is 0 Å². The second-order valence-corrected chi connectivity index (χ2v) is 11.7. The number of benzene rings is 3. The second-order valence-electron chi connectivity index (χ2n) is 9.56. The van der Waals surface area contributed by atoms with Crippen molar-refractivity contribution in [2.75, 3.05) is 19.8 Å². The van der Waals surface area contributed by atoms with Crippen molar-refractivity contribution >= 4 is 51.6 Å². The van der Waals surface area contributed by atoms with E-state index in [1.807, 2.05) is 32.0 Å². The molecule has 1 aliphatic rings. The maximum atomic E-state index is 13.2. The highest BCUT2D eigenvalue weighted by atomic mass is 127. The molecular formula is C31H31FINO5S. The minimum absolute atomic E-state index is 0.158. The predicted octanol–water partition coefficient (Wildman–Crippen LogP) is 7.96. The van der Waals surface area contributed by atoms with Crippen LogP contribution in [0.5, 0.6) is 17.2 Å². The number of hydrogen-bond donors (Lipinski definition) is 0. The summed E-state index contributed by atoms with van der Waals surface area (Å²) in [4.78, 5) is 27.4. The Morgan fingerprint density at radius 3 is 2.45 bits per heavy atom. The van der Waals surface area contributed by atoms with Gasteiger partial charge in [0, 0.05) is 0 Å². The van der Waals surface area contributed by atoms with Gasteiger partial charge in [-0.15, -0.1) is 0 Å². The number of hydrogen-bond acceptors (Lipinski definition) is 6. The molecule has 0 radical (unpaired) electrons. The van der Waals surface area contributed by atoms with Crippen LogP contribution >= 0.6 is 34.4 Å². The van der Waals surface area contributed by atoms with Crippen molar-refractivity contribution in [3.63, 3.8) is 0 Å². The minimum atomic E-state index is -0.350. The normalized spacial score (nSPS) is 14.4. The Morgan fingerprint density at radius 1 is 1.00 bits per heavy atom. The Hall–Kier alpha value is -3.05. The first-order valence-electron chi connectivity index (χ1n) is 13.0. The van der Waals surface area contributed by atoms with Gasteiger partial charge in [-0.2, -0.15) is 0 Å². The highest BCUT2D eigenvalue weighted by Gasteiger charge is 2.35. The van der Waals surface area contributed by atoms with Gasteiger partial charge in [0.1, 0.15) is 24.8 Å². The van der Waals surface area contributed by atoms with Gasteiger partial charge in [0.25, 0.3) is 11.1 Å². The molecule has 210 valence electrons. The van der Waals surface area contributed by atoms with E-state index >= 15 is 0 Å². The number of ether oxygens (including phenoxy) is 3. The molecule has 40 heavy (non-hydrogen) atoms. The van der Waals surface area contributed by atoms with Crippen molar-refractivity contribution in [1.29, 1.82) is 0 Å². The Kier molecular flexibility index (Phi) is 10.1. The van der Waals surface area contributed by atoms with Crippen LogP contribution in [0.2, 0.25) is 0 Å². The number of thioether (sulfide) groups is 1. The van der Waals surface area contributed by atoms with Gasteiger partial charge < -0.3 is 14.2 Å². The van der Waals surface area contributed by atoms with E-state index in [2.05, 4.69) is 42.5 Å². The number of carbonyl (C=O) groups excluding carboxylic acids is 2. The lowest BCUT2D eigenvalue weighted by Gasteiger charge is -2.17. The summed E-state index contributed by atoms with van der Waals surface area (Å²) in [6.45, 7) is 9.10. The van der Waals surface area contributed by atoms with Gasteiger partial charge in [0.05, 0.1) is 21.6 Å². The lowest BCUT2D eigenvalue weighted by Crippen LogP contribution is -2.32. The molecule has 0 unspecified atom stereocenters. The smallest absolute Gasteiger partial charge is 0.293 e. The summed E-state index contributed by atoms with van der Waals surface area (Å²) in [6.07, 6.45) is 1.69. The molecule has 0 N–H and O–H groups in total. The van der Waals surface area contributed by atoms with Crippen LogP contribution in [0.1, 0.15) is 48.9 Å². The third-order valence-corrected chi connectivity index (χ3v) is 7.87. The van der Waals surface area contributed by atoms with Crippen molar-refractivity contribution < 1.29 is 28.2 Å². The second kappa shape index (κ2) is 13.5. The van der Waals surface area contributed by atoms with Crippen LogP contribution in [0.4, 0.5) is 9.18 Å². The Morgan fingerprint density at radius 2 is 1.75 bits per heavy atom. The number of aryl methyl sites for hydroxylation is 1. The predicted molar refractivity (Wildman–Crippen MR) is 164 cm³/mol. The van der Waals surface area contributed by atoms with Crippen LogP contribution < -0.4 is 14.2 Å². The number of imide groups is 1. The number of nitrogens with zero attached hydrogens (tertiary/aromatic N) is 1. The number of carbonyl (C=O) groups is 2. The van der Waals surface area contributed by atoms with E-state index in [0.717, 1.165) is 37.8 Å². The summed E-state index contributed by atoms with van der Waals surface area (Å²) in [5.41, 5.74) is 3.71. The highest BCUT2D eigenvalue weighted by Crippen LogP contribution is 2.38. The maximum absolute atomic E-state index is 13.2. The van der Waals surface area contributed by atoms with Crippen LogP contribution in [-0.4, -0.2) is 35.8 Å². The lowest BCUT2D eigenvalue weighted by atomic mass is 10.0. The quantitative estimate of drug-likeness (QED) is 0.152. The molecule has 2 amide bonds. The summed E-state index contributed by atoms with van der Waals surface area (Å²) < 4.78 is 31.8. The van der Waals surface area contributed by atoms with E-state index in [-0.39, 0.29) is 36.7 Å². The van der Waals surface area contributed by atoms with Crippen LogP contribution in [0.15, 0.2) is 59.5 Å². The summed E-state index contributed by atoms with van der Waals surface area (Å²) in [5, 5.41) is -0.327. The standard InChI is InChI=1S/C31H31FINO5S/c1-5-37-27-16-22(15-25(33)29(27)39-18-21-7-9-23(32)10-8-21)17-28-30(35)34(31(36)40-28)12-13-38-26-14-20(4)6-11-24(26)19(2)3/h6-11,14-17,19H,5,12-13,18H2,1-4H3/b28-17-. The molecule has 1 heterocycles. The largest absolute Gasteiger partial charge is 0.491 e. The molecule has 4 rings (SSSR count). The molecule has 1 aliphatic heterocycles. The van der Waals surface area contributed by atoms with E-state index in [1.165, 1.54) is 17.0 Å². The summed E-state index contributed by atoms with van der Waals surface area (Å²) >= 11 is 3.06. The molecule has 0 aliphatic carbocycles. The molecule has 0 atom stereocenters. The third kappa shape index (κ3) is 7.37. The summed E-state index contributed by atoms with van der Waals surface area (Å²) in [6, 6.07) is 15.8. The van der Waals surface area contributed by atoms with Gasteiger partial charge in [0.2, 0.25) is 0 Å². The van der Waals surface area contributed by atoms with Gasteiger partial charge >= 0.3 is 0 Å². The molecule has 3 aromatic carbocycles. The van der Waals surface area contributed by atoms with Crippen molar-refractivity contribution in [3.8, 4) is 17.2 Å². The number of amides is 2. The average molecular weight is 676 g/mol. The van der Waals surface area contributed by atoms with E-state index in [4.69, 9.17) is 14.2 Å². The zero-order chi connectivity index (χ0) is 28.8. The molecule has 9 heteroatoms. The molecular weight excluding hydrogens is 644 g/mol. The maximum Gasteiger partial charge on any atom is 0.293 e. The Labute approximate surface area is 252 Å². The Bertz CT molecular complexity index is 1420. The SMILES string of the molecule is CCOc1cc(/C=C2\SC(=O)N(CCOc3cc(C)ccc3C(C)C)C2=O)cc(I)c1OCc1ccc(F)cc1. The van der Waals surface area contributed by atoms with Gasteiger partial charge in [0.15, 0.2) is 11.5 Å². The van der Waals surface area contributed by atoms with E-state index in [9.17, 15) is 14.0 Å². The number of halogens is 2. The molecule has 0 aromatic heterocycles. The monoisotopic (exact) mass is 675 g/mol. The molecule has 3 aromatic rings. The zero-order valence-corrected chi connectivity index (χ0v) is 25.8. The van der Waals surface area contributed by atoms with Crippen molar-refractivity contribution in [1.82, 2.24) is 4.90 Å². The molecule has 0 spiro atoms. The highest BCUT2D eigenvalue weighted by molar-refractivity contribution is 14.1. The lowest BCUT2D eigenvalue weighted by molar-refractivity contribution is -0.123. The fourth-order valence-electron chi connectivity index (χ4n) is 4.15. The van der Waals surface area contributed by atoms with Gasteiger partial charge in [-0.3, -0.25) is 14.5 Å². The van der Waals surface area contributed by atoms with Gasteiger partial charge in [-0.25, -0.2) is 4.39 Å². The first-order valence-corrected chi connectivity index (χ1v) is 14.9. The zero-order valence-electron chi connectivity index (χ0n) is 22.8. The van der Waals surface area contributed by atoms with Crippen molar-refractivity contribution in [3.05, 3.63) is 91.1 Å². The molecule has 1 saturated heterocycles. The first-order chi connectivity index (χ1) is 19.2. The average Bonchev–Trinajstić information content (AvgIpc) is 3.16. The van der Waals surface area contributed by atoms with Gasteiger partial charge in [-0.1, -0.05) is 38.1 Å². The first kappa shape index (κ1) is 29.9. The summed E-state index contributed by atoms with van der Waals surface area (Å²) in [5.74, 6) is 1.50. The molecule has 0 bridgehead atoms. The third-order valence-electron chi connectivity index (χ3n) is 6.16. The van der Waals surface area contributed by atoms with E-state index in [1.54, 1.807) is 24.3 Å². The van der Waals surface area contributed by atoms with Crippen LogP contribution in [0, 0.1) is 16.3 Å². The van der Waals surface area contributed by atoms with Crippen molar-refractivity contribution in [2.24, 2.45) is 0 Å². The Balaban J connectivity index is 1.46. The van der Waals surface area contributed by atoms with Gasteiger partial charge in [-0.05, 0) is 113 Å². The fraction of sp³-hybridized carbons (Fsp3) is 0.290. The molecule has 1 fully saturated rings. The molecule has 6 nitrogen and oxygen atoms in total. The number of rotatable bonds is 11. The van der Waals surface area contributed by atoms with Crippen molar-refractivity contribution in [2.45, 2.75) is 40.2 Å². The van der Waals surface area contributed by atoms with Crippen LogP contribution in [-0.2, 0) is 11.4 Å². The van der Waals surface area contributed by atoms with E-state index < -0.39 is 0 Å². The van der Waals surface area contributed by atoms with E-state index in [0.29, 0.717) is 34.5 Å². The topological polar surface area (TPSA) is 65.1 Å². The molecule has 0 saturated carbocycles.